The van der Waals surface area contributed by atoms with E-state index in [4.69, 9.17) is 5.73 Å². The van der Waals surface area contributed by atoms with Crippen molar-refractivity contribution in [2.45, 2.75) is 59.0 Å². The van der Waals surface area contributed by atoms with Gasteiger partial charge in [0.05, 0.1) is 6.04 Å². The van der Waals surface area contributed by atoms with Crippen molar-refractivity contribution in [3.05, 3.63) is 35.4 Å². The lowest BCUT2D eigenvalue weighted by Crippen LogP contribution is -2.45. The molecule has 1 amide bonds. The van der Waals surface area contributed by atoms with Crippen LogP contribution in [0.15, 0.2) is 24.3 Å². The number of primary amides is 1. The van der Waals surface area contributed by atoms with E-state index in [1.165, 1.54) is 11.1 Å². The van der Waals surface area contributed by atoms with E-state index >= 15 is 0 Å². The summed E-state index contributed by atoms with van der Waals surface area (Å²) in [5.74, 6) is -0.109. The van der Waals surface area contributed by atoms with Gasteiger partial charge in [0.2, 0.25) is 5.91 Å². The first-order chi connectivity index (χ1) is 9.12. The summed E-state index contributed by atoms with van der Waals surface area (Å²) in [6.07, 6.45) is 0. The Kier molecular flexibility index (Phi) is 5.35. The molecule has 1 aromatic rings. The van der Waals surface area contributed by atoms with E-state index in [1.807, 2.05) is 13.8 Å². The van der Waals surface area contributed by atoms with Crippen molar-refractivity contribution in [3.63, 3.8) is 0 Å². The molecular weight excluding hydrogens is 248 g/mol. The Morgan fingerprint density at radius 1 is 1.10 bits per heavy atom. The van der Waals surface area contributed by atoms with E-state index in [-0.39, 0.29) is 29.3 Å². The largest absolute Gasteiger partial charge is 0.368 e. The van der Waals surface area contributed by atoms with E-state index < -0.39 is 0 Å². The molecule has 0 spiro atoms. The standard InChI is InChI=1S/C17H28N2O/c1-11(2)15(16(18)20)19-12(3)13-7-9-14(10-8-13)17(4,5)6/h7-12,15,19H,1-6H3,(H2,18,20). The summed E-state index contributed by atoms with van der Waals surface area (Å²) in [5, 5.41) is 3.32. The number of carbonyl (C=O) groups excluding carboxylic acids is 1. The Morgan fingerprint density at radius 3 is 1.95 bits per heavy atom. The van der Waals surface area contributed by atoms with Crippen molar-refractivity contribution >= 4 is 5.91 Å². The van der Waals surface area contributed by atoms with Crippen LogP contribution in [0.5, 0.6) is 0 Å². The fraction of sp³-hybridized carbons (Fsp3) is 0.588. The second-order valence-corrected chi connectivity index (χ2v) is 6.88. The van der Waals surface area contributed by atoms with Crippen LogP contribution in [0.2, 0.25) is 0 Å². The van der Waals surface area contributed by atoms with E-state index in [2.05, 4.69) is 57.3 Å². The van der Waals surface area contributed by atoms with Crippen LogP contribution in [-0.2, 0) is 10.2 Å². The molecule has 0 aliphatic carbocycles. The van der Waals surface area contributed by atoms with Crippen molar-refractivity contribution in [1.82, 2.24) is 5.32 Å². The van der Waals surface area contributed by atoms with Crippen molar-refractivity contribution in [2.24, 2.45) is 11.7 Å². The number of hydrogen-bond acceptors (Lipinski definition) is 2. The Balaban J connectivity index is 2.82. The summed E-state index contributed by atoms with van der Waals surface area (Å²) in [5.41, 5.74) is 8.08. The van der Waals surface area contributed by atoms with E-state index in [1.54, 1.807) is 0 Å². The number of nitrogens with two attached hydrogens (primary N) is 1. The van der Waals surface area contributed by atoms with Gasteiger partial charge >= 0.3 is 0 Å². The molecule has 0 fully saturated rings. The van der Waals surface area contributed by atoms with Crippen LogP contribution >= 0.6 is 0 Å². The Hall–Kier alpha value is -1.35. The second-order valence-electron chi connectivity index (χ2n) is 6.88. The molecule has 0 heterocycles. The summed E-state index contributed by atoms with van der Waals surface area (Å²) in [6.45, 7) is 12.7. The predicted octanol–water partition coefficient (Wildman–Crippen LogP) is 3.14. The molecule has 3 N–H and O–H groups in total. The quantitative estimate of drug-likeness (QED) is 0.868. The van der Waals surface area contributed by atoms with Gasteiger partial charge in [-0.2, -0.15) is 0 Å². The maximum Gasteiger partial charge on any atom is 0.234 e. The molecule has 0 aliphatic rings. The van der Waals surface area contributed by atoms with Crippen LogP contribution < -0.4 is 11.1 Å². The highest BCUT2D eigenvalue weighted by Gasteiger charge is 2.22. The summed E-state index contributed by atoms with van der Waals surface area (Å²) in [6, 6.07) is 8.36. The van der Waals surface area contributed by atoms with E-state index in [0.29, 0.717) is 0 Å². The van der Waals surface area contributed by atoms with Gasteiger partial charge in [0, 0.05) is 6.04 Å². The predicted molar refractivity (Wildman–Crippen MR) is 84.5 cm³/mol. The van der Waals surface area contributed by atoms with Gasteiger partial charge in [-0.15, -0.1) is 0 Å². The number of hydrogen-bond donors (Lipinski definition) is 2. The normalized spacial score (nSPS) is 15.2. The zero-order valence-corrected chi connectivity index (χ0v) is 13.5. The van der Waals surface area contributed by atoms with Crippen LogP contribution in [-0.4, -0.2) is 11.9 Å². The molecule has 1 rings (SSSR count). The molecule has 0 saturated carbocycles. The highest BCUT2D eigenvalue weighted by molar-refractivity contribution is 5.80. The monoisotopic (exact) mass is 276 g/mol. The molecule has 0 aromatic heterocycles. The first-order valence-electron chi connectivity index (χ1n) is 7.28. The van der Waals surface area contributed by atoms with Crippen molar-refractivity contribution in [2.75, 3.05) is 0 Å². The smallest absolute Gasteiger partial charge is 0.234 e. The van der Waals surface area contributed by atoms with Gasteiger partial charge in [0.1, 0.15) is 0 Å². The molecule has 0 aliphatic heterocycles. The van der Waals surface area contributed by atoms with Crippen LogP contribution in [0.4, 0.5) is 0 Å². The van der Waals surface area contributed by atoms with Gasteiger partial charge in [-0.25, -0.2) is 0 Å². The first kappa shape index (κ1) is 16.7. The van der Waals surface area contributed by atoms with Crippen LogP contribution in [0, 0.1) is 5.92 Å². The van der Waals surface area contributed by atoms with Crippen molar-refractivity contribution in [1.29, 1.82) is 0 Å². The lowest BCUT2D eigenvalue weighted by atomic mass is 9.86. The second kappa shape index (κ2) is 6.40. The average molecular weight is 276 g/mol. The van der Waals surface area contributed by atoms with Gasteiger partial charge in [-0.1, -0.05) is 58.9 Å². The summed E-state index contributed by atoms with van der Waals surface area (Å²) in [7, 11) is 0. The van der Waals surface area contributed by atoms with Gasteiger partial charge in [0.15, 0.2) is 0 Å². The Bertz CT molecular complexity index is 443. The molecule has 112 valence electrons. The maximum absolute atomic E-state index is 11.5. The highest BCUT2D eigenvalue weighted by atomic mass is 16.1. The van der Waals surface area contributed by atoms with Crippen molar-refractivity contribution < 1.29 is 4.79 Å². The molecule has 0 radical (unpaired) electrons. The van der Waals surface area contributed by atoms with Crippen LogP contribution in [0.3, 0.4) is 0 Å². The number of carbonyl (C=O) groups is 1. The number of nitrogens with one attached hydrogen (secondary N) is 1. The summed E-state index contributed by atoms with van der Waals surface area (Å²) in [4.78, 5) is 11.5. The van der Waals surface area contributed by atoms with Crippen molar-refractivity contribution in [3.8, 4) is 0 Å². The lowest BCUT2D eigenvalue weighted by Gasteiger charge is -2.25. The first-order valence-corrected chi connectivity index (χ1v) is 7.28. The minimum absolute atomic E-state index is 0.101. The van der Waals surface area contributed by atoms with E-state index in [0.717, 1.165) is 0 Å². The molecule has 20 heavy (non-hydrogen) atoms. The number of rotatable bonds is 5. The number of amides is 1. The minimum Gasteiger partial charge on any atom is -0.368 e. The topological polar surface area (TPSA) is 55.1 Å². The van der Waals surface area contributed by atoms with Gasteiger partial charge in [-0.05, 0) is 29.4 Å². The Labute approximate surface area is 122 Å². The Morgan fingerprint density at radius 2 is 1.60 bits per heavy atom. The molecule has 3 nitrogen and oxygen atoms in total. The number of benzene rings is 1. The molecule has 2 unspecified atom stereocenters. The molecule has 0 bridgehead atoms. The summed E-state index contributed by atoms with van der Waals surface area (Å²) < 4.78 is 0. The zero-order chi connectivity index (χ0) is 15.5. The third-order valence-electron chi connectivity index (χ3n) is 3.68. The van der Waals surface area contributed by atoms with Gasteiger partial charge in [-0.3, -0.25) is 10.1 Å². The fourth-order valence-electron chi connectivity index (χ4n) is 2.24. The fourth-order valence-corrected chi connectivity index (χ4v) is 2.24. The van der Waals surface area contributed by atoms with E-state index in [9.17, 15) is 4.79 Å². The van der Waals surface area contributed by atoms with Crippen LogP contribution in [0.25, 0.3) is 0 Å². The SMILES string of the molecule is CC(NC(C(N)=O)C(C)C)c1ccc(C(C)(C)C)cc1. The third-order valence-corrected chi connectivity index (χ3v) is 3.68. The lowest BCUT2D eigenvalue weighted by molar-refractivity contribution is -0.121. The van der Waals surface area contributed by atoms with Gasteiger partial charge < -0.3 is 5.73 Å². The molecule has 0 saturated heterocycles. The third kappa shape index (κ3) is 4.34. The maximum atomic E-state index is 11.5. The molecule has 3 heteroatoms. The minimum atomic E-state index is -0.299. The average Bonchev–Trinajstić information content (AvgIpc) is 2.34. The molecule has 1 aromatic carbocycles. The molecule has 2 atom stereocenters. The van der Waals surface area contributed by atoms with Gasteiger partial charge in [0.25, 0.3) is 0 Å². The zero-order valence-electron chi connectivity index (χ0n) is 13.5. The summed E-state index contributed by atoms with van der Waals surface area (Å²) >= 11 is 0. The van der Waals surface area contributed by atoms with Crippen LogP contribution in [0.1, 0.15) is 58.7 Å². The highest BCUT2D eigenvalue weighted by Crippen LogP contribution is 2.24. The molecular formula is C17H28N2O.